The first-order valence-corrected chi connectivity index (χ1v) is 5.64. The van der Waals surface area contributed by atoms with E-state index < -0.39 is 0 Å². The highest BCUT2D eigenvalue weighted by Gasteiger charge is 2.00. The minimum absolute atomic E-state index is 0.209. The molecule has 0 bridgehead atoms. The van der Waals surface area contributed by atoms with Gasteiger partial charge in [0.05, 0.1) is 5.69 Å². The highest BCUT2D eigenvalue weighted by atomic mass is 16.5. The number of aromatic nitrogens is 2. The standard InChI is InChI=1S/C13H16N2O2/c1-9(2)10-3-5-12(6-4-10)17-8-11-7-14-13(16)15-11/h3-7,9H,8H2,1-2H3,(H2,14,15,16). The molecule has 1 aromatic carbocycles. The maximum Gasteiger partial charge on any atom is 0.323 e. The first-order valence-electron chi connectivity index (χ1n) is 5.64. The van der Waals surface area contributed by atoms with E-state index in [1.165, 1.54) is 5.56 Å². The molecule has 0 spiro atoms. The third-order valence-electron chi connectivity index (χ3n) is 2.59. The largest absolute Gasteiger partial charge is 0.487 e. The molecule has 0 saturated heterocycles. The van der Waals surface area contributed by atoms with Crippen LogP contribution < -0.4 is 10.4 Å². The average Bonchev–Trinajstić information content (AvgIpc) is 2.73. The summed E-state index contributed by atoms with van der Waals surface area (Å²) in [6.45, 7) is 4.67. The summed E-state index contributed by atoms with van der Waals surface area (Å²) in [5, 5.41) is 0. The van der Waals surface area contributed by atoms with Crippen LogP contribution in [0.2, 0.25) is 0 Å². The van der Waals surface area contributed by atoms with Gasteiger partial charge in [-0.05, 0) is 23.6 Å². The van der Waals surface area contributed by atoms with E-state index in [4.69, 9.17) is 4.74 Å². The molecule has 2 aromatic rings. The summed E-state index contributed by atoms with van der Waals surface area (Å²) in [6, 6.07) is 8.00. The van der Waals surface area contributed by atoms with Gasteiger partial charge in [-0.3, -0.25) is 0 Å². The predicted molar refractivity (Wildman–Crippen MR) is 66.3 cm³/mol. The molecular weight excluding hydrogens is 216 g/mol. The molecule has 0 fully saturated rings. The molecule has 0 unspecified atom stereocenters. The van der Waals surface area contributed by atoms with E-state index in [9.17, 15) is 4.79 Å². The van der Waals surface area contributed by atoms with Crippen LogP contribution >= 0.6 is 0 Å². The molecule has 17 heavy (non-hydrogen) atoms. The van der Waals surface area contributed by atoms with Crippen LogP contribution in [-0.4, -0.2) is 9.97 Å². The Bertz CT molecular complexity index is 523. The monoisotopic (exact) mass is 232 g/mol. The molecule has 4 heteroatoms. The lowest BCUT2D eigenvalue weighted by Gasteiger charge is -2.07. The first kappa shape index (κ1) is 11.5. The normalized spacial score (nSPS) is 10.8. The van der Waals surface area contributed by atoms with Crippen molar-refractivity contribution in [3.8, 4) is 5.75 Å². The summed E-state index contributed by atoms with van der Waals surface area (Å²) in [5.74, 6) is 1.32. The summed E-state index contributed by atoms with van der Waals surface area (Å²) in [5.41, 5.74) is 1.81. The van der Waals surface area contributed by atoms with Crippen molar-refractivity contribution in [3.05, 3.63) is 52.2 Å². The lowest BCUT2D eigenvalue weighted by Crippen LogP contribution is -2.03. The Hall–Kier alpha value is -1.97. The molecule has 1 aromatic heterocycles. The number of rotatable bonds is 4. The summed E-state index contributed by atoms with van der Waals surface area (Å²) in [6.07, 6.45) is 1.62. The summed E-state index contributed by atoms with van der Waals surface area (Å²) < 4.78 is 5.55. The topological polar surface area (TPSA) is 57.9 Å². The van der Waals surface area contributed by atoms with E-state index >= 15 is 0 Å². The number of benzene rings is 1. The Balaban J connectivity index is 1.97. The van der Waals surface area contributed by atoms with Crippen LogP contribution in [-0.2, 0) is 6.61 Å². The Kier molecular flexibility index (Phi) is 3.32. The number of aromatic amines is 2. The number of ether oxygens (including phenoxy) is 1. The van der Waals surface area contributed by atoms with Crippen molar-refractivity contribution >= 4 is 0 Å². The molecule has 0 aliphatic rings. The zero-order chi connectivity index (χ0) is 12.3. The van der Waals surface area contributed by atoms with Crippen molar-refractivity contribution in [1.29, 1.82) is 0 Å². The molecule has 0 radical (unpaired) electrons. The van der Waals surface area contributed by atoms with Gasteiger partial charge in [0.15, 0.2) is 0 Å². The minimum atomic E-state index is -0.209. The fourth-order valence-electron chi connectivity index (χ4n) is 1.56. The van der Waals surface area contributed by atoms with Crippen LogP contribution in [0, 0.1) is 0 Å². The number of hydrogen-bond acceptors (Lipinski definition) is 2. The molecule has 1 heterocycles. The fraction of sp³-hybridized carbons (Fsp3) is 0.308. The number of nitrogens with one attached hydrogen (secondary N) is 2. The van der Waals surface area contributed by atoms with Gasteiger partial charge in [0.2, 0.25) is 0 Å². The van der Waals surface area contributed by atoms with Crippen molar-refractivity contribution in [2.45, 2.75) is 26.4 Å². The zero-order valence-corrected chi connectivity index (χ0v) is 9.99. The molecule has 0 aliphatic heterocycles. The molecule has 2 rings (SSSR count). The van der Waals surface area contributed by atoms with Gasteiger partial charge in [0.1, 0.15) is 12.4 Å². The van der Waals surface area contributed by atoms with Crippen molar-refractivity contribution in [1.82, 2.24) is 9.97 Å². The van der Waals surface area contributed by atoms with Crippen LogP contribution in [0.25, 0.3) is 0 Å². The third kappa shape index (κ3) is 3.00. The maximum absolute atomic E-state index is 10.9. The maximum atomic E-state index is 10.9. The highest BCUT2D eigenvalue weighted by molar-refractivity contribution is 5.28. The fourth-order valence-corrected chi connectivity index (χ4v) is 1.56. The van der Waals surface area contributed by atoms with E-state index in [2.05, 4.69) is 35.9 Å². The average molecular weight is 232 g/mol. The summed E-state index contributed by atoms with van der Waals surface area (Å²) in [7, 11) is 0. The van der Waals surface area contributed by atoms with Crippen molar-refractivity contribution in [2.24, 2.45) is 0 Å². The molecule has 4 nitrogen and oxygen atoms in total. The van der Waals surface area contributed by atoms with Gasteiger partial charge in [0.25, 0.3) is 0 Å². The first-order chi connectivity index (χ1) is 8.15. The zero-order valence-electron chi connectivity index (χ0n) is 9.99. The second-order valence-corrected chi connectivity index (χ2v) is 4.28. The second kappa shape index (κ2) is 4.91. The van der Waals surface area contributed by atoms with Gasteiger partial charge in [-0.2, -0.15) is 0 Å². The smallest absolute Gasteiger partial charge is 0.323 e. The van der Waals surface area contributed by atoms with E-state index in [1.54, 1.807) is 6.20 Å². The summed E-state index contributed by atoms with van der Waals surface area (Å²) in [4.78, 5) is 16.0. The second-order valence-electron chi connectivity index (χ2n) is 4.28. The van der Waals surface area contributed by atoms with E-state index in [0.717, 1.165) is 11.4 Å². The molecule has 90 valence electrons. The Morgan fingerprint density at radius 3 is 2.47 bits per heavy atom. The Morgan fingerprint density at radius 2 is 1.94 bits per heavy atom. The SMILES string of the molecule is CC(C)c1ccc(OCc2c[nH]c(=O)[nH]2)cc1. The van der Waals surface area contributed by atoms with E-state index in [-0.39, 0.29) is 5.69 Å². The van der Waals surface area contributed by atoms with Gasteiger partial charge in [0, 0.05) is 6.20 Å². The van der Waals surface area contributed by atoms with Crippen molar-refractivity contribution in [2.75, 3.05) is 0 Å². The molecule has 0 amide bonds. The molecular formula is C13H16N2O2. The highest BCUT2D eigenvalue weighted by Crippen LogP contribution is 2.18. The van der Waals surface area contributed by atoms with Gasteiger partial charge in [-0.1, -0.05) is 26.0 Å². The predicted octanol–water partition coefficient (Wildman–Crippen LogP) is 2.41. The number of H-pyrrole nitrogens is 2. The molecule has 0 saturated carbocycles. The molecule has 0 atom stereocenters. The van der Waals surface area contributed by atoms with E-state index in [0.29, 0.717) is 12.5 Å². The van der Waals surface area contributed by atoms with Gasteiger partial charge >= 0.3 is 5.69 Å². The molecule has 2 N–H and O–H groups in total. The van der Waals surface area contributed by atoms with Crippen LogP contribution in [0.15, 0.2) is 35.3 Å². The van der Waals surface area contributed by atoms with Gasteiger partial charge in [-0.25, -0.2) is 4.79 Å². The van der Waals surface area contributed by atoms with Crippen molar-refractivity contribution < 1.29 is 4.74 Å². The quantitative estimate of drug-likeness (QED) is 0.850. The van der Waals surface area contributed by atoms with Gasteiger partial charge < -0.3 is 14.7 Å². The summed E-state index contributed by atoms with van der Waals surface area (Å²) >= 11 is 0. The van der Waals surface area contributed by atoms with Crippen LogP contribution in [0.4, 0.5) is 0 Å². The molecule has 0 aliphatic carbocycles. The van der Waals surface area contributed by atoms with E-state index in [1.807, 2.05) is 12.1 Å². The van der Waals surface area contributed by atoms with Crippen LogP contribution in [0.5, 0.6) is 5.75 Å². The van der Waals surface area contributed by atoms with Crippen LogP contribution in [0.3, 0.4) is 0 Å². The van der Waals surface area contributed by atoms with Gasteiger partial charge in [-0.15, -0.1) is 0 Å². The number of hydrogen-bond donors (Lipinski definition) is 2. The number of imidazole rings is 1. The van der Waals surface area contributed by atoms with Crippen LogP contribution in [0.1, 0.15) is 31.0 Å². The lowest BCUT2D eigenvalue weighted by molar-refractivity contribution is 0.301. The Morgan fingerprint density at radius 1 is 1.24 bits per heavy atom. The Labute approximate surface area is 99.7 Å². The minimum Gasteiger partial charge on any atom is -0.487 e. The third-order valence-corrected chi connectivity index (χ3v) is 2.59. The lowest BCUT2D eigenvalue weighted by atomic mass is 10.0. The van der Waals surface area contributed by atoms with Crippen molar-refractivity contribution in [3.63, 3.8) is 0 Å².